The van der Waals surface area contributed by atoms with E-state index < -0.39 is 5.91 Å². The lowest BCUT2D eigenvalue weighted by Gasteiger charge is -2.05. The summed E-state index contributed by atoms with van der Waals surface area (Å²) in [4.78, 5) is 24.5. The number of anilines is 1. The third-order valence-corrected chi connectivity index (χ3v) is 4.03. The second kappa shape index (κ2) is 7.44. The lowest BCUT2D eigenvalue weighted by molar-refractivity contribution is 0.0958. The molecule has 27 heavy (non-hydrogen) atoms. The molecule has 3 rings (SSSR count). The third-order valence-electron chi connectivity index (χ3n) is 4.03. The maximum Gasteiger partial charge on any atom is 0.276 e. The minimum Gasteiger partial charge on any atom is -0.354 e. The van der Waals surface area contributed by atoms with E-state index in [1.165, 1.54) is 7.05 Å². The van der Waals surface area contributed by atoms with Gasteiger partial charge in [-0.3, -0.25) is 19.0 Å². The third kappa shape index (κ3) is 3.89. The van der Waals surface area contributed by atoms with Crippen LogP contribution in [0.1, 0.15) is 39.3 Å². The van der Waals surface area contributed by atoms with Gasteiger partial charge in [-0.25, -0.2) is 4.68 Å². The summed E-state index contributed by atoms with van der Waals surface area (Å²) in [6.45, 7) is 6.77. The molecule has 2 amide bonds. The molecule has 0 fully saturated rings. The van der Waals surface area contributed by atoms with Crippen LogP contribution in [-0.4, -0.2) is 48.2 Å². The molecule has 142 valence electrons. The summed E-state index contributed by atoms with van der Waals surface area (Å²) in [5, 5.41) is 18.1. The maximum absolute atomic E-state index is 12.5. The summed E-state index contributed by atoms with van der Waals surface area (Å²) in [7, 11) is 1.51. The molecule has 0 aromatic carbocycles. The van der Waals surface area contributed by atoms with Crippen LogP contribution in [0.25, 0.3) is 0 Å². The SMILES string of the molecule is CCn1cc(NC(=O)c2ccn(Cn3nc(C)cc3C)n2)c(C(=O)NC)n1. The molecule has 10 heteroatoms. The van der Waals surface area contributed by atoms with Crippen molar-refractivity contribution in [3.63, 3.8) is 0 Å². The zero-order valence-electron chi connectivity index (χ0n) is 15.7. The number of carbonyl (C=O) groups is 2. The Morgan fingerprint density at radius 2 is 1.89 bits per heavy atom. The number of carbonyl (C=O) groups excluding carboxylic acids is 2. The van der Waals surface area contributed by atoms with Gasteiger partial charge in [-0.15, -0.1) is 0 Å². The molecule has 10 nitrogen and oxygen atoms in total. The molecule has 3 aromatic rings. The number of aromatic nitrogens is 6. The van der Waals surface area contributed by atoms with Crippen molar-refractivity contribution in [2.45, 2.75) is 34.0 Å². The number of hydrogen-bond donors (Lipinski definition) is 2. The van der Waals surface area contributed by atoms with Gasteiger partial charge < -0.3 is 10.6 Å². The molecule has 0 aliphatic rings. The first-order chi connectivity index (χ1) is 12.9. The van der Waals surface area contributed by atoms with Crippen molar-refractivity contribution >= 4 is 17.5 Å². The molecule has 0 unspecified atom stereocenters. The molecular weight excluding hydrogens is 348 g/mol. The van der Waals surface area contributed by atoms with E-state index in [0.29, 0.717) is 18.9 Å². The van der Waals surface area contributed by atoms with Crippen LogP contribution in [0.3, 0.4) is 0 Å². The van der Waals surface area contributed by atoms with Gasteiger partial charge in [-0.1, -0.05) is 0 Å². The largest absolute Gasteiger partial charge is 0.354 e. The molecular formula is C17H22N8O2. The normalized spacial score (nSPS) is 10.8. The fourth-order valence-electron chi connectivity index (χ4n) is 2.66. The highest BCUT2D eigenvalue weighted by atomic mass is 16.2. The van der Waals surface area contributed by atoms with Crippen molar-refractivity contribution < 1.29 is 9.59 Å². The summed E-state index contributed by atoms with van der Waals surface area (Å²) in [6, 6.07) is 3.59. The molecule has 0 spiro atoms. The smallest absolute Gasteiger partial charge is 0.276 e. The Morgan fingerprint density at radius 3 is 2.52 bits per heavy atom. The average Bonchev–Trinajstić information content (AvgIpc) is 3.34. The first-order valence-electron chi connectivity index (χ1n) is 8.56. The van der Waals surface area contributed by atoms with E-state index in [2.05, 4.69) is 25.9 Å². The molecule has 0 saturated carbocycles. The highest BCUT2D eigenvalue weighted by Crippen LogP contribution is 2.15. The number of nitrogens with one attached hydrogen (secondary N) is 2. The van der Waals surface area contributed by atoms with Crippen molar-refractivity contribution in [2.24, 2.45) is 0 Å². The van der Waals surface area contributed by atoms with E-state index in [9.17, 15) is 9.59 Å². The predicted octanol–water partition coefficient (Wildman–Crippen LogP) is 1.03. The first-order valence-corrected chi connectivity index (χ1v) is 8.56. The quantitative estimate of drug-likeness (QED) is 0.673. The van der Waals surface area contributed by atoms with E-state index in [4.69, 9.17) is 0 Å². The van der Waals surface area contributed by atoms with E-state index in [1.807, 2.05) is 26.8 Å². The zero-order valence-corrected chi connectivity index (χ0v) is 15.7. The van der Waals surface area contributed by atoms with Crippen LogP contribution in [0.15, 0.2) is 24.5 Å². The van der Waals surface area contributed by atoms with Crippen molar-refractivity contribution in [3.8, 4) is 0 Å². The summed E-state index contributed by atoms with van der Waals surface area (Å²) in [5.74, 6) is -0.782. The van der Waals surface area contributed by atoms with Gasteiger partial charge in [0.1, 0.15) is 6.67 Å². The Labute approximate surface area is 156 Å². The second-order valence-electron chi connectivity index (χ2n) is 6.09. The van der Waals surface area contributed by atoms with Crippen LogP contribution in [0.4, 0.5) is 5.69 Å². The standard InChI is InChI=1S/C17H22N8O2/c1-5-23-9-14(15(22-23)17(27)18-4)19-16(26)13-6-7-24(21-13)10-25-12(3)8-11(2)20-25/h6-9H,5,10H2,1-4H3,(H,18,27)(H,19,26). The van der Waals surface area contributed by atoms with Crippen LogP contribution in [0, 0.1) is 13.8 Å². The van der Waals surface area contributed by atoms with Gasteiger partial charge >= 0.3 is 0 Å². The Bertz CT molecular complexity index is 981. The fraction of sp³-hybridized carbons (Fsp3) is 0.353. The number of aryl methyl sites for hydroxylation is 3. The average molecular weight is 370 g/mol. The summed E-state index contributed by atoms with van der Waals surface area (Å²) < 4.78 is 5.02. The van der Waals surface area contributed by atoms with Gasteiger partial charge in [-0.05, 0) is 32.9 Å². The first kappa shape index (κ1) is 18.4. The zero-order chi connectivity index (χ0) is 19.6. The summed E-state index contributed by atoms with van der Waals surface area (Å²) in [6.07, 6.45) is 3.33. The molecule has 0 saturated heterocycles. The van der Waals surface area contributed by atoms with E-state index in [1.54, 1.807) is 32.5 Å². The minimum absolute atomic E-state index is 0.162. The van der Waals surface area contributed by atoms with Crippen LogP contribution in [0.2, 0.25) is 0 Å². The van der Waals surface area contributed by atoms with Crippen LogP contribution in [-0.2, 0) is 13.2 Å². The molecule has 0 radical (unpaired) electrons. The Balaban J connectivity index is 1.76. The predicted molar refractivity (Wildman–Crippen MR) is 98.6 cm³/mol. The van der Waals surface area contributed by atoms with Gasteiger partial charge in [0.05, 0.1) is 11.4 Å². The molecule has 3 aromatic heterocycles. The van der Waals surface area contributed by atoms with Gasteiger partial charge in [0.2, 0.25) is 0 Å². The Kier molecular flexibility index (Phi) is 5.06. The van der Waals surface area contributed by atoms with E-state index in [-0.39, 0.29) is 17.3 Å². The number of hydrogen-bond acceptors (Lipinski definition) is 5. The molecule has 0 bridgehead atoms. The highest BCUT2D eigenvalue weighted by molar-refractivity contribution is 6.07. The van der Waals surface area contributed by atoms with Gasteiger partial charge in [0.25, 0.3) is 11.8 Å². The van der Waals surface area contributed by atoms with E-state index in [0.717, 1.165) is 11.4 Å². The van der Waals surface area contributed by atoms with Crippen molar-refractivity contribution in [1.82, 2.24) is 34.7 Å². The molecule has 3 heterocycles. The van der Waals surface area contributed by atoms with Gasteiger partial charge in [0, 0.05) is 31.7 Å². The van der Waals surface area contributed by atoms with Gasteiger partial charge in [0.15, 0.2) is 11.4 Å². The van der Waals surface area contributed by atoms with Crippen molar-refractivity contribution in [3.05, 3.63) is 47.3 Å². The number of amides is 2. The monoisotopic (exact) mass is 370 g/mol. The molecule has 0 aliphatic heterocycles. The molecule has 0 aliphatic carbocycles. The molecule has 2 N–H and O–H groups in total. The van der Waals surface area contributed by atoms with Crippen molar-refractivity contribution in [1.29, 1.82) is 0 Å². The Morgan fingerprint density at radius 1 is 1.11 bits per heavy atom. The van der Waals surface area contributed by atoms with Gasteiger partial charge in [-0.2, -0.15) is 15.3 Å². The van der Waals surface area contributed by atoms with Crippen molar-refractivity contribution in [2.75, 3.05) is 12.4 Å². The highest BCUT2D eigenvalue weighted by Gasteiger charge is 2.19. The van der Waals surface area contributed by atoms with Crippen LogP contribution < -0.4 is 10.6 Å². The fourth-order valence-corrected chi connectivity index (χ4v) is 2.66. The second-order valence-corrected chi connectivity index (χ2v) is 6.09. The topological polar surface area (TPSA) is 112 Å². The van der Waals surface area contributed by atoms with Crippen LogP contribution >= 0.6 is 0 Å². The summed E-state index contributed by atoms with van der Waals surface area (Å²) in [5.41, 5.74) is 2.68. The minimum atomic E-state index is -0.414. The lowest BCUT2D eigenvalue weighted by Crippen LogP contribution is -2.22. The van der Waals surface area contributed by atoms with E-state index >= 15 is 0 Å². The number of nitrogens with zero attached hydrogens (tertiary/aromatic N) is 6. The lowest BCUT2D eigenvalue weighted by atomic mass is 10.3. The molecule has 0 atom stereocenters. The maximum atomic E-state index is 12.5. The number of rotatable bonds is 6. The van der Waals surface area contributed by atoms with Crippen LogP contribution in [0.5, 0.6) is 0 Å². The Hall–Kier alpha value is -3.43. The summed E-state index contributed by atoms with van der Waals surface area (Å²) >= 11 is 0.